The predicted molar refractivity (Wildman–Crippen MR) is 75.6 cm³/mol. The number of thiophene rings is 1. The Morgan fingerprint density at radius 2 is 1.89 bits per heavy atom. The minimum Gasteiger partial charge on any atom is -0.294 e. The van der Waals surface area contributed by atoms with Crippen molar-refractivity contribution < 1.29 is 9.00 Å². The number of hydrogen-bond acceptors (Lipinski definition) is 3. The molecule has 0 radical (unpaired) electrons. The average Bonchev–Trinajstić information content (AvgIpc) is 2.93. The summed E-state index contributed by atoms with van der Waals surface area (Å²) in [6.07, 6.45) is 1.12. The van der Waals surface area contributed by atoms with Gasteiger partial charge in [-0.05, 0) is 17.9 Å². The van der Waals surface area contributed by atoms with Crippen LogP contribution in [-0.2, 0) is 10.8 Å². The molecule has 0 aliphatic rings. The van der Waals surface area contributed by atoms with Crippen molar-refractivity contribution in [3.63, 3.8) is 0 Å². The molecule has 0 N–H and O–H groups in total. The molecule has 94 valence electrons. The molecule has 0 aliphatic carbocycles. The molecule has 0 bridgehead atoms. The van der Waals surface area contributed by atoms with Crippen LogP contribution in [0.1, 0.15) is 23.2 Å². The van der Waals surface area contributed by atoms with E-state index in [1.165, 1.54) is 11.3 Å². The van der Waals surface area contributed by atoms with Gasteiger partial charge in [0.1, 0.15) is 0 Å². The fraction of sp³-hybridized carbons (Fsp3) is 0.214. The molecule has 0 saturated heterocycles. The molecule has 0 amide bonds. The third kappa shape index (κ3) is 3.62. The second kappa shape index (κ2) is 6.61. The zero-order chi connectivity index (χ0) is 12.8. The van der Waals surface area contributed by atoms with Crippen LogP contribution in [0, 0.1) is 0 Å². The van der Waals surface area contributed by atoms with E-state index in [4.69, 9.17) is 0 Å². The average molecular weight is 278 g/mol. The van der Waals surface area contributed by atoms with Crippen LogP contribution in [0.4, 0.5) is 0 Å². The zero-order valence-electron chi connectivity index (χ0n) is 9.87. The quantitative estimate of drug-likeness (QED) is 0.758. The lowest BCUT2D eigenvalue weighted by atomic mass is 10.1. The normalized spacial score (nSPS) is 12.2. The first-order valence-electron chi connectivity index (χ1n) is 5.77. The molecule has 1 unspecified atom stereocenters. The van der Waals surface area contributed by atoms with Gasteiger partial charge in [-0.15, -0.1) is 11.3 Å². The van der Waals surface area contributed by atoms with Crippen molar-refractivity contribution >= 4 is 27.9 Å². The van der Waals surface area contributed by atoms with Crippen LogP contribution in [0.2, 0.25) is 0 Å². The summed E-state index contributed by atoms with van der Waals surface area (Å²) in [6.45, 7) is 0. The summed E-state index contributed by atoms with van der Waals surface area (Å²) < 4.78 is 12.7. The van der Waals surface area contributed by atoms with E-state index in [-0.39, 0.29) is 5.78 Å². The van der Waals surface area contributed by atoms with Gasteiger partial charge in [0, 0.05) is 17.7 Å². The molecule has 1 aromatic heterocycles. The fourth-order valence-corrected chi connectivity index (χ4v) is 3.76. The number of carbonyl (C=O) groups is 1. The summed E-state index contributed by atoms with van der Waals surface area (Å²) in [6, 6.07) is 13.0. The van der Waals surface area contributed by atoms with Crippen LogP contribution < -0.4 is 0 Å². The molecule has 18 heavy (non-hydrogen) atoms. The van der Waals surface area contributed by atoms with Gasteiger partial charge >= 0.3 is 0 Å². The van der Waals surface area contributed by atoms with Gasteiger partial charge in [0.05, 0.1) is 15.0 Å². The summed E-state index contributed by atoms with van der Waals surface area (Å²) >= 11 is 1.50. The van der Waals surface area contributed by atoms with Crippen LogP contribution in [0.25, 0.3) is 0 Å². The lowest BCUT2D eigenvalue weighted by Gasteiger charge is -2.01. The van der Waals surface area contributed by atoms with E-state index >= 15 is 0 Å². The highest BCUT2D eigenvalue weighted by atomic mass is 32.2. The van der Waals surface area contributed by atoms with Gasteiger partial charge in [-0.25, -0.2) is 0 Å². The Morgan fingerprint density at radius 1 is 1.11 bits per heavy atom. The molecule has 1 heterocycles. The lowest BCUT2D eigenvalue weighted by molar-refractivity contribution is 0.0982. The molecule has 2 rings (SSSR count). The maximum absolute atomic E-state index is 11.8. The number of carbonyl (C=O) groups excluding carboxylic acids is 1. The standard InChI is InChI=1S/C14H14O2S2/c15-13(12-6-2-1-3-7-12)8-5-11-18(16)14-9-4-10-17-14/h1-4,6-7,9-10H,5,8,11H2. The molecule has 0 aliphatic heterocycles. The molecule has 0 fully saturated rings. The number of benzene rings is 1. The topological polar surface area (TPSA) is 34.1 Å². The van der Waals surface area contributed by atoms with Crippen molar-refractivity contribution in [2.45, 2.75) is 17.1 Å². The summed E-state index contributed by atoms with van der Waals surface area (Å²) in [4.78, 5) is 11.8. The number of ketones is 1. The third-order valence-electron chi connectivity index (χ3n) is 2.55. The van der Waals surface area contributed by atoms with Gasteiger partial charge in [-0.3, -0.25) is 9.00 Å². The first kappa shape index (κ1) is 13.2. The first-order valence-corrected chi connectivity index (χ1v) is 7.97. The van der Waals surface area contributed by atoms with E-state index in [0.29, 0.717) is 18.6 Å². The van der Waals surface area contributed by atoms with Gasteiger partial charge in [0.15, 0.2) is 5.78 Å². The highest BCUT2D eigenvalue weighted by molar-refractivity contribution is 7.87. The van der Waals surface area contributed by atoms with Crippen molar-refractivity contribution in [2.24, 2.45) is 0 Å². The molecule has 2 aromatic rings. The first-order chi connectivity index (χ1) is 8.77. The van der Waals surface area contributed by atoms with Crippen LogP contribution in [0.5, 0.6) is 0 Å². The number of rotatable bonds is 6. The Morgan fingerprint density at radius 3 is 2.56 bits per heavy atom. The molecule has 1 atom stereocenters. The van der Waals surface area contributed by atoms with Crippen LogP contribution in [-0.4, -0.2) is 15.7 Å². The molecule has 4 heteroatoms. The van der Waals surface area contributed by atoms with Crippen molar-refractivity contribution in [2.75, 3.05) is 5.75 Å². The maximum Gasteiger partial charge on any atom is 0.162 e. The second-order valence-electron chi connectivity index (χ2n) is 3.87. The largest absolute Gasteiger partial charge is 0.294 e. The minimum atomic E-state index is -0.959. The summed E-state index contributed by atoms with van der Waals surface area (Å²) in [5.74, 6) is 0.679. The van der Waals surface area contributed by atoms with Crippen molar-refractivity contribution in [3.8, 4) is 0 Å². The van der Waals surface area contributed by atoms with Crippen molar-refractivity contribution in [3.05, 3.63) is 53.4 Å². The predicted octanol–water partition coefficient (Wildman–Crippen LogP) is 3.52. The Labute approximate surface area is 113 Å². The molecule has 0 saturated carbocycles. The monoisotopic (exact) mass is 278 g/mol. The Balaban J connectivity index is 1.79. The summed E-state index contributed by atoms with van der Waals surface area (Å²) in [7, 11) is -0.959. The van der Waals surface area contributed by atoms with Gasteiger partial charge in [0.2, 0.25) is 0 Å². The van der Waals surface area contributed by atoms with Gasteiger partial charge in [-0.2, -0.15) is 0 Å². The second-order valence-corrected chi connectivity index (χ2v) is 6.62. The number of hydrogen-bond donors (Lipinski definition) is 0. The Kier molecular flexibility index (Phi) is 4.84. The molecular formula is C14H14O2S2. The minimum absolute atomic E-state index is 0.124. The molecular weight excluding hydrogens is 264 g/mol. The highest BCUT2D eigenvalue weighted by Crippen LogP contribution is 2.15. The van der Waals surface area contributed by atoms with Gasteiger partial charge in [-0.1, -0.05) is 36.4 Å². The molecule has 2 nitrogen and oxygen atoms in total. The smallest absolute Gasteiger partial charge is 0.162 e. The molecule has 1 aromatic carbocycles. The number of Topliss-reactive ketones (excluding diaryl/α,β-unsaturated/α-hetero) is 1. The van der Waals surface area contributed by atoms with E-state index in [1.807, 2.05) is 47.8 Å². The highest BCUT2D eigenvalue weighted by Gasteiger charge is 2.08. The van der Waals surface area contributed by atoms with Crippen LogP contribution >= 0.6 is 11.3 Å². The fourth-order valence-electron chi connectivity index (χ4n) is 1.63. The Bertz CT molecular complexity index is 518. The third-order valence-corrected chi connectivity index (χ3v) is 5.30. The SMILES string of the molecule is O=C(CCCS(=O)c1cccs1)c1ccccc1. The van der Waals surface area contributed by atoms with E-state index in [9.17, 15) is 9.00 Å². The van der Waals surface area contributed by atoms with Crippen molar-refractivity contribution in [1.29, 1.82) is 0 Å². The zero-order valence-corrected chi connectivity index (χ0v) is 11.5. The lowest BCUT2D eigenvalue weighted by Crippen LogP contribution is -2.03. The molecule has 0 spiro atoms. The Hall–Kier alpha value is -1.26. The van der Waals surface area contributed by atoms with Crippen molar-refractivity contribution in [1.82, 2.24) is 0 Å². The summed E-state index contributed by atoms with van der Waals surface area (Å²) in [5, 5.41) is 1.92. The van der Waals surface area contributed by atoms with Gasteiger partial charge in [0.25, 0.3) is 0 Å². The maximum atomic E-state index is 11.8. The van der Waals surface area contributed by atoms with Gasteiger partial charge < -0.3 is 0 Å². The van der Waals surface area contributed by atoms with E-state index in [2.05, 4.69) is 0 Å². The van der Waals surface area contributed by atoms with E-state index in [0.717, 1.165) is 9.77 Å². The van der Waals surface area contributed by atoms with Crippen LogP contribution in [0.3, 0.4) is 0 Å². The van der Waals surface area contributed by atoms with E-state index in [1.54, 1.807) is 0 Å². The summed E-state index contributed by atoms with van der Waals surface area (Å²) in [5.41, 5.74) is 0.736. The van der Waals surface area contributed by atoms with E-state index < -0.39 is 10.8 Å². The van der Waals surface area contributed by atoms with Crippen LogP contribution in [0.15, 0.2) is 52.1 Å².